The second kappa shape index (κ2) is 16.9. The third-order valence-electron chi connectivity index (χ3n) is 11.5. The molecule has 1 fully saturated rings. The Kier molecular flexibility index (Phi) is 13.8. The van der Waals surface area contributed by atoms with Crippen LogP contribution in [-0.2, 0) is 29.7 Å². The average Bonchev–Trinajstić information content (AvgIpc) is 3.07. The van der Waals surface area contributed by atoms with E-state index in [4.69, 9.17) is 23.1 Å². The molecule has 0 aromatic heterocycles. The predicted octanol–water partition coefficient (Wildman–Crippen LogP) is 9.99. The van der Waals surface area contributed by atoms with Gasteiger partial charge in [-0.2, -0.15) is 0 Å². The Morgan fingerprint density at radius 1 is 0.784 bits per heavy atom. The molecule has 0 aliphatic carbocycles. The molecule has 0 spiro atoms. The first-order valence-corrected chi connectivity index (χ1v) is 24.0. The van der Waals surface area contributed by atoms with Gasteiger partial charge in [-0.25, -0.2) is 0 Å². The molecule has 7 heteroatoms. The maximum absolute atomic E-state index is 7.47. The predicted molar refractivity (Wildman–Crippen MR) is 218 cm³/mol. The molecule has 1 aliphatic rings. The maximum Gasteiger partial charge on any atom is 0.261 e. The first-order valence-electron chi connectivity index (χ1n) is 19.2. The Morgan fingerprint density at radius 2 is 1.29 bits per heavy atom. The van der Waals surface area contributed by atoms with Crippen LogP contribution < -0.4 is 10.4 Å². The summed E-state index contributed by atoms with van der Waals surface area (Å²) in [5.74, 6) is -0.229. The van der Waals surface area contributed by atoms with Crippen molar-refractivity contribution in [2.45, 2.75) is 136 Å². The Hall–Kier alpha value is -2.11. The Bertz CT molecular complexity index is 1430. The van der Waals surface area contributed by atoms with Crippen molar-refractivity contribution >= 4 is 27.0 Å². The monoisotopic (exact) mass is 732 g/mol. The normalized spacial score (nSPS) is 21.1. The topological polar surface area (TPSA) is 46.2 Å². The first-order chi connectivity index (χ1) is 23.8. The van der Waals surface area contributed by atoms with Gasteiger partial charge >= 0.3 is 0 Å². The minimum Gasteiger partial charge on any atom is -0.413 e. The van der Waals surface area contributed by atoms with E-state index in [0.717, 1.165) is 6.42 Å². The fourth-order valence-electron chi connectivity index (χ4n) is 7.55. The molecule has 6 atom stereocenters. The third kappa shape index (κ3) is 10.1. The lowest BCUT2D eigenvalue weighted by Crippen LogP contribution is -2.66. The summed E-state index contributed by atoms with van der Waals surface area (Å²) in [4.78, 5) is 0. The van der Waals surface area contributed by atoms with Gasteiger partial charge in [-0.3, -0.25) is 0 Å². The molecular weight excluding hydrogens is 665 g/mol. The number of rotatable bonds is 15. The second-order valence-corrected chi connectivity index (χ2v) is 27.0. The summed E-state index contributed by atoms with van der Waals surface area (Å²) < 4.78 is 34.7. The summed E-state index contributed by atoms with van der Waals surface area (Å²) >= 11 is 0. The molecule has 5 nitrogen and oxygen atoms in total. The fraction of sp³-hybridized carbons (Fsp3) is 0.591. The van der Waals surface area contributed by atoms with Crippen molar-refractivity contribution in [2.24, 2.45) is 17.8 Å². The van der Waals surface area contributed by atoms with Crippen LogP contribution >= 0.6 is 0 Å². The van der Waals surface area contributed by atoms with Gasteiger partial charge in [0.25, 0.3) is 8.32 Å². The van der Waals surface area contributed by atoms with Gasteiger partial charge in [0.2, 0.25) is 0 Å². The molecule has 4 rings (SSSR count). The highest BCUT2D eigenvalue weighted by Crippen LogP contribution is 2.42. The van der Waals surface area contributed by atoms with E-state index in [-0.39, 0.29) is 46.1 Å². The highest BCUT2D eigenvalue weighted by Gasteiger charge is 2.51. The lowest BCUT2D eigenvalue weighted by Gasteiger charge is -2.47. The highest BCUT2D eigenvalue weighted by atomic mass is 28.4. The molecule has 1 saturated heterocycles. The number of hydrogen-bond donors (Lipinski definition) is 0. The standard InChI is InChI=1S/C44H68O5Si2/c1-33-31-46-44(10,11)48-40(33)35(3)41(45-32-36-23-17-14-18-24-36)34(2)39(49-50(12,13)42(4,5)6)29-30-47-51(43(7,8)9,37-25-19-15-20-26-37)38-27-21-16-22-28-38/h14-28,33-35,39-41H,29-32H2,1-13H3/t33-,34-,35+,39-,40-,41-/m0/s1. The van der Waals surface area contributed by atoms with Gasteiger partial charge in [0.1, 0.15) is 0 Å². The minimum absolute atomic E-state index is 0.0150. The third-order valence-corrected chi connectivity index (χ3v) is 21.0. The summed E-state index contributed by atoms with van der Waals surface area (Å²) in [6, 6.07) is 32.4. The van der Waals surface area contributed by atoms with Crippen LogP contribution in [0.2, 0.25) is 23.2 Å². The van der Waals surface area contributed by atoms with Crippen molar-refractivity contribution in [2.75, 3.05) is 13.2 Å². The van der Waals surface area contributed by atoms with Gasteiger partial charge in [-0.05, 0) is 59.4 Å². The molecule has 0 radical (unpaired) electrons. The van der Waals surface area contributed by atoms with E-state index >= 15 is 0 Å². The Labute approximate surface area is 313 Å². The SMILES string of the molecule is C[C@H]([C@H](OCc1ccccc1)[C@H](C)[C@H]1OC(C)(C)OC[C@@H]1C)[C@H](CCO[Si](c1ccccc1)(c1ccccc1)C(C)(C)C)O[Si](C)(C)C(C)(C)C. The van der Waals surface area contributed by atoms with E-state index in [1.54, 1.807) is 0 Å². The van der Waals surface area contributed by atoms with Gasteiger partial charge in [0.15, 0.2) is 14.1 Å². The van der Waals surface area contributed by atoms with Crippen LogP contribution in [0.25, 0.3) is 0 Å². The summed E-state index contributed by atoms with van der Waals surface area (Å²) in [7, 11) is -4.90. The Morgan fingerprint density at radius 3 is 1.78 bits per heavy atom. The molecule has 1 heterocycles. The summed E-state index contributed by atoms with van der Waals surface area (Å²) in [5, 5.41) is 2.54. The van der Waals surface area contributed by atoms with Crippen LogP contribution in [0.5, 0.6) is 0 Å². The zero-order valence-corrected chi connectivity index (χ0v) is 36.0. The summed E-state index contributed by atoms with van der Waals surface area (Å²) in [5.41, 5.74) is 1.17. The van der Waals surface area contributed by atoms with E-state index in [1.165, 1.54) is 15.9 Å². The molecule has 3 aromatic carbocycles. The fourth-order valence-corrected chi connectivity index (χ4v) is 13.6. The molecule has 282 valence electrons. The van der Waals surface area contributed by atoms with Gasteiger partial charge in [-0.1, -0.05) is 153 Å². The van der Waals surface area contributed by atoms with E-state index in [2.05, 4.69) is 166 Å². The molecule has 0 N–H and O–H groups in total. The quantitative estimate of drug-likeness (QED) is 0.146. The van der Waals surface area contributed by atoms with Crippen molar-refractivity contribution in [1.82, 2.24) is 0 Å². The lowest BCUT2D eigenvalue weighted by atomic mass is 9.81. The molecule has 3 aromatic rings. The minimum atomic E-state index is -2.72. The zero-order chi connectivity index (χ0) is 37.7. The van der Waals surface area contributed by atoms with Crippen molar-refractivity contribution in [3.63, 3.8) is 0 Å². The van der Waals surface area contributed by atoms with Crippen LogP contribution in [0, 0.1) is 17.8 Å². The van der Waals surface area contributed by atoms with Crippen LogP contribution in [0.15, 0.2) is 91.0 Å². The molecular formula is C44H68O5Si2. The first kappa shape index (κ1) is 41.6. The smallest absolute Gasteiger partial charge is 0.261 e. The summed E-state index contributed by atoms with van der Waals surface area (Å²) in [6.45, 7) is 31.4. The largest absolute Gasteiger partial charge is 0.413 e. The number of benzene rings is 3. The van der Waals surface area contributed by atoms with E-state index in [0.29, 0.717) is 19.8 Å². The van der Waals surface area contributed by atoms with E-state index in [9.17, 15) is 0 Å². The van der Waals surface area contributed by atoms with Gasteiger partial charge < -0.3 is 23.1 Å². The van der Waals surface area contributed by atoms with E-state index < -0.39 is 22.4 Å². The van der Waals surface area contributed by atoms with Crippen molar-refractivity contribution in [3.8, 4) is 0 Å². The van der Waals surface area contributed by atoms with Crippen molar-refractivity contribution in [3.05, 3.63) is 96.6 Å². The van der Waals surface area contributed by atoms with Gasteiger partial charge in [0, 0.05) is 24.4 Å². The molecule has 0 amide bonds. The molecule has 0 saturated carbocycles. The molecule has 1 aliphatic heterocycles. The van der Waals surface area contributed by atoms with Crippen LogP contribution in [0.3, 0.4) is 0 Å². The number of hydrogen-bond acceptors (Lipinski definition) is 5. The molecule has 51 heavy (non-hydrogen) atoms. The van der Waals surface area contributed by atoms with Crippen LogP contribution in [0.4, 0.5) is 0 Å². The second-order valence-electron chi connectivity index (χ2n) is 18.0. The zero-order valence-electron chi connectivity index (χ0n) is 34.0. The number of ether oxygens (including phenoxy) is 3. The van der Waals surface area contributed by atoms with Gasteiger partial charge in [0.05, 0.1) is 31.5 Å². The lowest BCUT2D eigenvalue weighted by molar-refractivity contribution is -0.306. The summed E-state index contributed by atoms with van der Waals surface area (Å²) in [6.07, 6.45) is 0.565. The molecule has 0 unspecified atom stereocenters. The van der Waals surface area contributed by atoms with Crippen LogP contribution in [0.1, 0.15) is 88.1 Å². The van der Waals surface area contributed by atoms with Crippen LogP contribution in [-0.4, -0.2) is 53.9 Å². The Balaban J connectivity index is 1.72. The van der Waals surface area contributed by atoms with Crippen molar-refractivity contribution in [1.29, 1.82) is 0 Å². The highest BCUT2D eigenvalue weighted by molar-refractivity contribution is 6.99. The maximum atomic E-state index is 7.47. The molecule has 0 bridgehead atoms. The van der Waals surface area contributed by atoms with Crippen molar-refractivity contribution < 1.29 is 23.1 Å². The van der Waals surface area contributed by atoms with E-state index in [1.807, 2.05) is 13.8 Å². The van der Waals surface area contributed by atoms with Gasteiger partial charge in [-0.15, -0.1) is 0 Å². The average molecular weight is 733 g/mol.